The van der Waals surface area contributed by atoms with Crippen LogP contribution in [0.5, 0.6) is 0 Å². The van der Waals surface area contributed by atoms with E-state index in [-0.39, 0.29) is 12.0 Å². The first-order chi connectivity index (χ1) is 10.7. The van der Waals surface area contributed by atoms with Crippen molar-refractivity contribution in [1.29, 1.82) is 0 Å². The van der Waals surface area contributed by atoms with Crippen molar-refractivity contribution in [2.75, 3.05) is 19.7 Å². The lowest BCUT2D eigenvalue weighted by atomic mass is 10.0. The monoisotopic (exact) mass is 312 g/mol. The Kier molecular flexibility index (Phi) is 10.5. The molecule has 0 heterocycles. The van der Waals surface area contributed by atoms with Gasteiger partial charge in [0, 0.05) is 19.5 Å². The van der Waals surface area contributed by atoms with E-state index in [1.54, 1.807) is 0 Å². The van der Waals surface area contributed by atoms with Crippen molar-refractivity contribution in [3.8, 4) is 0 Å². The van der Waals surface area contributed by atoms with Gasteiger partial charge in [0.15, 0.2) is 0 Å². The highest BCUT2D eigenvalue weighted by Gasteiger charge is 2.14. The van der Waals surface area contributed by atoms with Crippen LogP contribution < -0.4 is 10.6 Å². The lowest BCUT2D eigenvalue weighted by Gasteiger charge is -2.10. The molecule has 2 amide bonds. The molecule has 1 aliphatic carbocycles. The van der Waals surface area contributed by atoms with Gasteiger partial charge in [-0.25, -0.2) is 4.79 Å². The normalized spacial score (nSPS) is 14.8. The standard InChI is InChI=1S/C17H32N2O3/c1-2-22-16(20)11-5-3-4-8-13-18-17(21)19-14-12-15-9-6-7-10-15/h15H,2-14H2,1H3,(H2,18,19,21). The van der Waals surface area contributed by atoms with E-state index in [1.807, 2.05) is 6.92 Å². The van der Waals surface area contributed by atoms with Gasteiger partial charge in [0.05, 0.1) is 6.61 Å². The third-order valence-corrected chi connectivity index (χ3v) is 4.21. The Labute approximate surface area is 134 Å². The minimum Gasteiger partial charge on any atom is -0.466 e. The van der Waals surface area contributed by atoms with Gasteiger partial charge in [-0.05, 0) is 32.1 Å². The van der Waals surface area contributed by atoms with Crippen molar-refractivity contribution in [3.05, 3.63) is 0 Å². The van der Waals surface area contributed by atoms with Gasteiger partial charge in [-0.15, -0.1) is 0 Å². The summed E-state index contributed by atoms with van der Waals surface area (Å²) < 4.78 is 4.87. The highest BCUT2D eigenvalue weighted by Crippen LogP contribution is 2.26. The second kappa shape index (κ2) is 12.3. The van der Waals surface area contributed by atoms with Crippen LogP contribution >= 0.6 is 0 Å². The zero-order valence-electron chi connectivity index (χ0n) is 14.0. The molecule has 0 unspecified atom stereocenters. The number of nitrogens with one attached hydrogen (secondary N) is 2. The number of carbonyl (C=O) groups excluding carboxylic acids is 2. The fourth-order valence-corrected chi connectivity index (χ4v) is 2.93. The van der Waals surface area contributed by atoms with Crippen LogP contribution in [0.4, 0.5) is 4.79 Å². The summed E-state index contributed by atoms with van der Waals surface area (Å²) in [4.78, 5) is 22.7. The van der Waals surface area contributed by atoms with E-state index in [0.717, 1.165) is 44.6 Å². The van der Waals surface area contributed by atoms with Crippen molar-refractivity contribution in [2.24, 2.45) is 5.92 Å². The summed E-state index contributed by atoms with van der Waals surface area (Å²) in [5.41, 5.74) is 0. The smallest absolute Gasteiger partial charge is 0.314 e. The second-order valence-electron chi connectivity index (χ2n) is 6.09. The molecule has 0 aliphatic heterocycles. The molecule has 1 fully saturated rings. The Morgan fingerprint density at radius 1 is 1.00 bits per heavy atom. The van der Waals surface area contributed by atoms with Gasteiger partial charge < -0.3 is 15.4 Å². The third-order valence-electron chi connectivity index (χ3n) is 4.21. The van der Waals surface area contributed by atoms with Crippen LogP contribution in [0.25, 0.3) is 0 Å². The number of rotatable bonds is 11. The summed E-state index contributed by atoms with van der Waals surface area (Å²) in [5.74, 6) is 0.710. The molecule has 0 spiro atoms. The first-order valence-corrected chi connectivity index (χ1v) is 8.89. The van der Waals surface area contributed by atoms with Crippen molar-refractivity contribution in [1.82, 2.24) is 10.6 Å². The van der Waals surface area contributed by atoms with Crippen LogP contribution in [0.2, 0.25) is 0 Å². The molecule has 1 aliphatic rings. The van der Waals surface area contributed by atoms with Crippen LogP contribution in [0.15, 0.2) is 0 Å². The number of hydrogen-bond donors (Lipinski definition) is 2. The molecular weight excluding hydrogens is 280 g/mol. The number of esters is 1. The average molecular weight is 312 g/mol. The highest BCUT2D eigenvalue weighted by molar-refractivity contribution is 5.73. The Bertz CT molecular complexity index is 315. The van der Waals surface area contributed by atoms with Crippen molar-refractivity contribution < 1.29 is 14.3 Å². The van der Waals surface area contributed by atoms with Crippen LogP contribution in [-0.2, 0) is 9.53 Å². The number of urea groups is 1. The Morgan fingerprint density at radius 2 is 1.68 bits per heavy atom. The molecular formula is C17H32N2O3. The van der Waals surface area contributed by atoms with Gasteiger partial charge in [0.2, 0.25) is 0 Å². The van der Waals surface area contributed by atoms with Crippen molar-refractivity contribution in [3.63, 3.8) is 0 Å². The highest BCUT2D eigenvalue weighted by atomic mass is 16.5. The Hall–Kier alpha value is -1.26. The van der Waals surface area contributed by atoms with Crippen molar-refractivity contribution in [2.45, 2.75) is 71.1 Å². The Morgan fingerprint density at radius 3 is 2.41 bits per heavy atom. The molecule has 5 heteroatoms. The molecule has 1 rings (SSSR count). The van der Waals surface area contributed by atoms with E-state index >= 15 is 0 Å². The maximum Gasteiger partial charge on any atom is 0.314 e. The summed E-state index contributed by atoms with van der Waals surface area (Å²) in [6, 6.07) is -0.0514. The summed E-state index contributed by atoms with van der Waals surface area (Å²) >= 11 is 0. The van der Waals surface area contributed by atoms with Crippen LogP contribution in [0.3, 0.4) is 0 Å². The number of unbranched alkanes of at least 4 members (excludes halogenated alkanes) is 3. The van der Waals surface area contributed by atoms with E-state index in [1.165, 1.54) is 25.7 Å². The first kappa shape index (κ1) is 18.8. The van der Waals surface area contributed by atoms with Crippen LogP contribution in [-0.4, -0.2) is 31.7 Å². The molecule has 0 bridgehead atoms. The van der Waals surface area contributed by atoms with Gasteiger partial charge in [-0.3, -0.25) is 4.79 Å². The quantitative estimate of drug-likeness (QED) is 0.454. The molecule has 5 nitrogen and oxygen atoms in total. The average Bonchev–Trinajstić information content (AvgIpc) is 3.00. The molecule has 0 aromatic carbocycles. The lowest BCUT2D eigenvalue weighted by molar-refractivity contribution is -0.143. The lowest BCUT2D eigenvalue weighted by Crippen LogP contribution is -2.36. The van der Waals surface area contributed by atoms with Crippen LogP contribution in [0.1, 0.15) is 71.1 Å². The summed E-state index contributed by atoms with van der Waals surface area (Å²) in [6.45, 7) is 3.77. The summed E-state index contributed by atoms with van der Waals surface area (Å²) in [7, 11) is 0. The van der Waals surface area contributed by atoms with Crippen molar-refractivity contribution >= 4 is 12.0 Å². The minimum atomic E-state index is -0.109. The van der Waals surface area contributed by atoms with Gasteiger partial charge >= 0.3 is 12.0 Å². The fraction of sp³-hybridized carbons (Fsp3) is 0.882. The zero-order chi connectivity index (χ0) is 16.0. The molecule has 0 radical (unpaired) electrons. The second-order valence-corrected chi connectivity index (χ2v) is 6.09. The third kappa shape index (κ3) is 9.64. The van der Waals surface area contributed by atoms with Gasteiger partial charge in [0.25, 0.3) is 0 Å². The number of carbonyl (C=O) groups is 2. The summed E-state index contributed by atoms with van der Waals surface area (Å²) in [6.07, 6.45) is 10.8. The van der Waals surface area contributed by atoms with E-state index in [0.29, 0.717) is 19.6 Å². The van der Waals surface area contributed by atoms with E-state index in [2.05, 4.69) is 10.6 Å². The Balaban J connectivity index is 1.83. The molecule has 128 valence electrons. The molecule has 2 N–H and O–H groups in total. The molecule has 0 saturated heterocycles. The molecule has 0 atom stereocenters. The fourth-order valence-electron chi connectivity index (χ4n) is 2.93. The predicted octanol–water partition coefficient (Wildman–Crippen LogP) is 3.38. The summed E-state index contributed by atoms with van der Waals surface area (Å²) in [5, 5.41) is 5.82. The number of amides is 2. The van der Waals surface area contributed by atoms with E-state index in [9.17, 15) is 9.59 Å². The SMILES string of the molecule is CCOC(=O)CCCCCCNC(=O)NCCC1CCCC1. The van der Waals surface area contributed by atoms with Crippen LogP contribution in [0, 0.1) is 5.92 Å². The zero-order valence-corrected chi connectivity index (χ0v) is 14.0. The van der Waals surface area contributed by atoms with E-state index < -0.39 is 0 Å². The molecule has 1 saturated carbocycles. The minimum absolute atomic E-state index is 0.0514. The topological polar surface area (TPSA) is 67.4 Å². The molecule has 0 aromatic rings. The van der Waals surface area contributed by atoms with E-state index in [4.69, 9.17) is 4.74 Å². The maximum absolute atomic E-state index is 11.6. The van der Waals surface area contributed by atoms with Gasteiger partial charge in [0.1, 0.15) is 0 Å². The maximum atomic E-state index is 11.6. The number of ether oxygens (including phenoxy) is 1. The van der Waals surface area contributed by atoms with Gasteiger partial charge in [-0.1, -0.05) is 38.5 Å². The number of hydrogen-bond acceptors (Lipinski definition) is 3. The molecule has 22 heavy (non-hydrogen) atoms. The first-order valence-electron chi connectivity index (χ1n) is 8.89. The van der Waals surface area contributed by atoms with Gasteiger partial charge in [-0.2, -0.15) is 0 Å². The largest absolute Gasteiger partial charge is 0.466 e. The predicted molar refractivity (Wildman–Crippen MR) is 87.7 cm³/mol. The molecule has 0 aromatic heterocycles.